The number of hydrogen-bond donors (Lipinski definition) is 0. The van der Waals surface area contributed by atoms with Crippen molar-refractivity contribution >= 4 is 0 Å². The lowest BCUT2D eigenvalue weighted by Crippen LogP contribution is -2.29. The molecule has 4 rings (SSSR count). The Morgan fingerprint density at radius 2 is 1.52 bits per heavy atom. The highest BCUT2D eigenvalue weighted by Gasteiger charge is 2.58. The zero-order chi connectivity index (χ0) is 15.0. The van der Waals surface area contributed by atoms with E-state index in [-0.39, 0.29) is 0 Å². The van der Waals surface area contributed by atoms with Crippen LogP contribution in [0.4, 0.5) is 0 Å². The Labute approximate surface area is 130 Å². The van der Waals surface area contributed by atoms with Gasteiger partial charge < -0.3 is 0 Å². The van der Waals surface area contributed by atoms with Gasteiger partial charge in [-0.1, -0.05) is 20.8 Å². The highest BCUT2D eigenvalue weighted by Crippen LogP contribution is 2.66. The van der Waals surface area contributed by atoms with E-state index in [1.807, 2.05) is 0 Å². The summed E-state index contributed by atoms with van der Waals surface area (Å²) in [7, 11) is 0. The second-order valence-corrected chi connectivity index (χ2v) is 8.27. The van der Waals surface area contributed by atoms with Crippen LogP contribution in [0.25, 0.3) is 0 Å². The van der Waals surface area contributed by atoms with Crippen LogP contribution in [0.5, 0.6) is 0 Å². The lowest BCUT2D eigenvalue weighted by Gasteiger charge is -2.35. The Kier molecular flexibility index (Phi) is 2.88. The molecule has 114 valence electrons. The Morgan fingerprint density at radius 1 is 0.857 bits per heavy atom. The first kappa shape index (κ1) is 13.9. The standard InChI is InChI=1S/C21H30/c1-7-15-12(4)13(5)20-18(14(15)6)9-19-16-8-17(21(19)20)11(3)10(16)2/h10-11,16-17,19,21H,7-9H2,1-6H3. The van der Waals surface area contributed by atoms with E-state index in [2.05, 4.69) is 41.5 Å². The summed E-state index contributed by atoms with van der Waals surface area (Å²) in [6.45, 7) is 14.6. The number of hydrogen-bond acceptors (Lipinski definition) is 0. The van der Waals surface area contributed by atoms with Gasteiger partial charge in [0.1, 0.15) is 0 Å². The molecule has 0 spiro atoms. The van der Waals surface area contributed by atoms with Gasteiger partial charge in [0.05, 0.1) is 0 Å². The molecule has 0 nitrogen and oxygen atoms in total. The van der Waals surface area contributed by atoms with E-state index in [0.717, 1.165) is 35.5 Å². The van der Waals surface area contributed by atoms with Gasteiger partial charge >= 0.3 is 0 Å². The molecule has 2 saturated carbocycles. The van der Waals surface area contributed by atoms with E-state index in [4.69, 9.17) is 0 Å². The van der Waals surface area contributed by atoms with E-state index in [9.17, 15) is 0 Å². The molecule has 6 unspecified atom stereocenters. The molecule has 0 N–H and O–H groups in total. The Morgan fingerprint density at radius 3 is 2.19 bits per heavy atom. The third-order valence-corrected chi connectivity index (χ3v) is 7.97. The molecule has 1 aromatic carbocycles. The molecular formula is C21H30. The van der Waals surface area contributed by atoms with Crippen molar-refractivity contribution in [1.82, 2.24) is 0 Å². The number of benzene rings is 1. The second kappa shape index (κ2) is 4.37. The summed E-state index contributed by atoms with van der Waals surface area (Å²) in [5.74, 6) is 5.75. The molecule has 0 heterocycles. The largest absolute Gasteiger partial charge is 0.0620 e. The van der Waals surface area contributed by atoms with Gasteiger partial charge in [-0.05, 0) is 109 Å². The SMILES string of the molecule is CCc1c(C)c(C)c2c(c1C)CC1C3CC(C(C)C3C)C21. The van der Waals surface area contributed by atoms with E-state index in [1.54, 1.807) is 33.4 Å². The quantitative estimate of drug-likeness (QED) is 0.651. The molecule has 3 aliphatic carbocycles. The van der Waals surface area contributed by atoms with Crippen molar-refractivity contribution in [3.05, 3.63) is 33.4 Å². The van der Waals surface area contributed by atoms with Gasteiger partial charge in [0.25, 0.3) is 0 Å². The van der Waals surface area contributed by atoms with Crippen molar-refractivity contribution in [1.29, 1.82) is 0 Å². The topological polar surface area (TPSA) is 0 Å². The molecule has 2 bridgehead atoms. The predicted octanol–water partition coefficient (Wildman–Crippen LogP) is 5.35. The summed E-state index contributed by atoms with van der Waals surface area (Å²) >= 11 is 0. The van der Waals surface area contributed by atoms with Gasteiger partial charge in [0.15, 0.2) is 0 Å². The van der Waals surface area contributed by atoms with Crippen LogP contribution in [0.2, 0.25) is 0 Å². The maximum Gasteiger partial charge on any atom is -0.00910 e. The molecule has 0 heteroatoms. The van der Waals surface area contributed by atoms with Crippen LogP contribution in [-0.4, -0.2) is 0 Å². The smallest absolute Gasteiger partial charge is 0.00910 e. The molecule has 0 aliphatic heterocycles. The average Bonchev–Trinajstić information content (AvgIpc) is 3.08. The first-order valence-corrected chi connectivity index (χ1v) is 9.08. The van der Waals surface area contributed by atoms with Crippen molar-refractivity contribution in [2.24, 2.45) is 29.6 Å². The first-order chi connectivity index (χ1) is 9.97. The van der Waals surface area contributed by atoms with Crippen LogP contribution in [0.3, 0.4) is 0 Å². The first-order valence-electron chi connectivity index (χ1n) is 9.08. The molecule has 21 heavy (non-hydrogen) atoms. The van der Waals surface area contributed by atoms with Gasteiger partial charge in [0.2, 0.25) is 0 Å². The fourth-order valence-corrected chi connectivity index (χ4v) is 6.65. The molecule has 6 atom stereocenters. The average molecular weight is 282 g/mol. The van der Waals surface area contributed by atoms with Crippen molar-refractivity contribution < 1.29 is 0 Å². The van der Waals surface area contributed by atoms with Crippen molar-refractivity contribution in [3.8, 4) is 0 Å². The Bertz CT molecular complexity index is 609. The third-order valence-electron chi connectivity index (χ3n) is 7.97. The fraction of sp³-hybridized carbons (Fsp3) is 0.714. The van der Waals surface area contributed by atoms with E-state index in [1.165, 1.54) is 19.3 Å². The minimum atomic E-state index is 0.902. The summed E-state index contributed by atoms with van der Waals surface area (Å²) in [5, 5.41) is 0. The summed E-state index contributed by atoms with van der Waals surface area (Å²) in [6.07, 6.45) is 4.10. The Hall–Kier alpha value is -0.780. The molecule has 1 aromatic rings. The minimum absolute atomic E-state index is 0.902. The van der Waals surface area contributed by atoms with Gasteiger partial charge in [-0.3, -0.25) is 0 Å². The third kappa shape index (κ3) is 1.52. The molecule has 0 amide bonds. The molecule has 2 fully saturated rings. The predicted molar refractivity (Wildman–Crippen MR) is 89.9 cm³/mol. The van der Waals surface area contributed by atoms with Crippen LogP contribution in [0.1, 0.15) is 66.5 Å². The van der Waals surface area contributed by atoms with Crippen LogP contribution in [-0.2, 0) is 12.8 Å². The molecule has 0 aromatic heterocycles. The Balaban J connectivity index is 1.90. The van der Waals surface area contributed by atoms with E-state index in [0.29, 0.717) is 0 Å². The fourth-order valence-electron chi connectivity index (χ4n) is 6.65. The van der Waals surface area contributed by atoms with Crippen LogP contribution < -0.4 is 0 Å². The number of fused-ring (bicyclic) bond motifs is 7. The lowest BCUT2D eigenvalue weighted by molar-refractivity contribution is 0.172. The van der Waals surface area contributed by atoms with Crippen LogP contribution >= 0.6 is 0 Å². The summed E-state index contributed by atoms with van der Waals surface area (Å²) in [4.78, 5) is 0. The van der Waals surface area contributed by atoms with Gasteiger partial charge in [0, 0.05) is 0 Å². The van der Waals surface area contributed by atoms with Crippen molar-refractivity contribution in [3.63, 3.8) is 0 Å². The summed E-state index contributed by atoms with van der Waals surface area (Å²) in [5.41, 5.74) is 10.1. The van der Waals surface area contributed by atoms with Crippen LogP contribution in [0, 0.1) is 50.4 Å². The monoisotopic (exact) mass is 282 g/mol. The highest BCUT2D eigenvalue weighted by atomic mass is 14.6. The van der Waals surface area contributed by atoms with Gasteiger partial charge in [-0.2, -0.15) is 0 Å². The summed E-state index contributed by atoms with van der Waals surface area (Å²) < 4.78 is 0. The molecule has 3 aliphatic rings. The molecular weight excluding hydrogens is 252 g/mol. The summed E-state index contributed by atoms with van der Waals surface area (Å²) in [6, 6.07) is 0. The minimum Gasteiger partial charge on any atom is -0.0620 e. The number of rotatable bonds is 1. The zero-order valence-electron chi connectivity index (χ0n) is 14.6. The second-order valence-electron chi connectivity index (χ2n) is 8.27. The maximum atomic E-state index is 2.53. The maximum absolute atomic E-state index is 2.53. The normalized spacial score (nSPS) is 39.7. The van der Waals surface area contributed by atoms with Crippen LogP contribution in [0.15, 0.2) is 0 Å². The molecule has 0 radical (unpaired) electrons. The lowest BCUT2D eigenvalue weighted by atomic mass is 9.69. The zero-order valence-corrected chi connectivity index (χ0v) is 14.6. The van der Waals surface area contributed by atoms with E-state index < -0.39 is 0 Å². The van der Waals surface area contributed by atoms with Gasteiger partial charge in [-0.15, -0.1) is 0 Å². The van der Waals surface area contributed by atoms with E-state index >= 15 is 0 Å². The van der Waals surface area contributed by atoms with Crippen molar-refractivity contribution in [2.45, 2.75) is 66.7 Å². The van der Waals surface area contributed by atoms with Crippen molar-refractivity contribution in [2.75, 3.05) is 0 Å². The van der Waals surface area contributed by atoms with Gasteiger partial charge in [-0.25, -0.2) is 0 Å². The highest BCUT2D eigenvalue weighted by molar-refractivity contribution is 5.56. The molecule has 0 saturated heterocycles.